The zero-order valence-corrected chi connectivity index (χ0v) is 7.56. The predicted octanol–water partition coefficient (Wildman–Crippen LogP) is -3.23. The number of hydrogen-bond acceptors (Lipinski definition) is 4. The molecule has 0 aliphatic heterocycles. The molecule has 0 aromatic heterocycles. The summed E-state index contributed by atoms with van der Waals surface area (Å²) in [5.41, 5.74) is 5.15. The van der Waals surface area contributed by atoms with Crippen molar-refractivity contribution in [2.75, 3.05) is 26.2 Å². The van der Waals surface area contributed by atoms with Crippen LogP contribution in [0.25, 0.3) is 0 Å². The highest BCUT2D eigenvalue weighted by Crippen LogP contribution is 1.86. The van der Waals surface area contributed by atoms with Crippen molar-refractivity contribution in [2.24, 2.45) is 5.73 Å². The van der Waals surface area contributed by atoms with Gasteiger partial charge in [0, 0.05) is 13.1 Å². The summed E-state index contributed by atoms with van der Waals surface area (Å²) in [5.74, 6) is -2.10. The molecule has 0 saturated heterocycles. The number of carboxylic acids is 2. The van der Waals surface area contributed by atoms with Crippen molar-refractivity contribution >= 4 is 11.9 Å². The van der Waals surface area contributed by atoms with E-state index in [4.69, 9.17) is 15.9 Å². The van der Waals surface area contributed by atoms with Gasteiger partial charge in [0.1, 0.15) is 0 Å². The molecule has 86 valence electrons. The zero-order chi connectivity index (χ0) is 9.56. The van der Waals surface area contributed by atoms with Gasteiger partial charge in [-0.1, -0.05) is 0 Å². The molecule has 0 aliphatic carbocycles. The fourth-order valence-electron chi connectivity index (χ4n) is 0.779. The highest BCUT2D eigenvalue weighted by atomic mass is 16.4. The van der Waals surface area contributed by atoms with Gasteiger partial charge in [0.25, 0.3) is 0 Å². The molecule has 0 aromatic rings. The van der Waals surface area contributed by atoms with Crippen LogP contribution in [0.1, 0.15) is 0 Å². The highest BCUT2D eigenvalue weighted by molar-refractivity contribution is 5.72. The minimum Gasteiger partial charge on any atom is -0.480 e. The third kappa shape index (κ3) is 10.8. The molecule has 0 aromatic carbocycles. The van der Waals surface area contributed by atoms with Gasteiger partial charge in [-0.2, -0.15) is 0 Å². The molecule has 0 heterocycles. The first-order valence-corrected chi connectivity index (χ1v) is 3.42. The van der Waals surface area contributed by atoms with Crippen LogP contribution in [0.5, 0.6) is 0 Å². The average molecular weight is 212 g/mol. The third-order valence-electron chi connectivity index (χ3n) is 1.16. The summed E-state index contributed by atoms with van der Waals surface area (Å²) < 4.78 is 0. The molecule has 0 fully saturated rings. The van der Waals surface area contributed by atoms with E-state index in [2.05, 4.69) is 0 Å². The highest BCUT2D eigenvalue weighted by Gasteiger charge is 2.11. The van der Waals surface area contributed by atoms with E-state index in [1.165, 1.54) is 4.90 Å². The van der Waals surface area contributed by atoms with Gasteiger partial charge in [-0.3, -0.25) is 14.5 Å². The molecule has 0 atom stereocenters. The van der Waals surface area contributed by atoms with Crippen LogP contribution in [0.3, 0.4) is 0 Å². The van der Waals surface area contributed by atoms with Crippen molar-refractivity contribution in [3.63, 3.8) is 0 Å². The van der Waals surface area contributed by atoms with Gasteiger partial charge in [-0.25, -0.2) is 0 Å². The van der Waals surface area contributed by atoms with Gasteiger partial charge in [0.05, 0.1) is 13.1 Å². The number of carboxylic acid groups (broad SMARTS) is 2. The van der Waals surface area contributed by atoms with Crippen LogP contribution >= 0.6 is 0 Å². The lowest BCUT2D eigenvalue weighted by Gasteiger charge is -2.15. The van der Waals surface area contributed by atoms with Crippen LogP contribution in [0.4, 0.5) is 0 Å². The van der Waals surface area contributed by atoms with E-state index in [0.717, 1.165) is 0 Å². The van der Waals surface area contributed by atoms with Crippen LogP contribution in [0.15, 0.2) is 0 Å². The molecule has 8 nitrogen and oxygen atoms in total. The minimum absolute atomic E-state index is 0. The first-order valence-electron chi connectivity index (χ1n) is 3.42. The molecular formula is C6H16N2O6. The van der Waals surface area contributed by atoms with Gasteiger partial charge >= 0.3 is 11.9 Å². The fourth-order valence-corrected chi connectivity index (χ4v) is 0.779. The number of nitrogens with zero attached hydrogens (tertiary/aromatic N) is 1. The molecule has 0 radical (unpaired) electrons. The Balaban J connectivity index is -0.000000605. The van der Waals surface area contributed by atoms with Gasteiger partial charge in [-0.05, 0) is 0 Å². The minimum atomic E-state index is -1.05. The molecule has 0 amide bonds. The van der Waals surface area contributed by atoms with Crippen molar-refractivity contribution in [2.45, 2.75) is 0 Å². The van der Waals surface area contributed by atoms with E-state index in [0.29, 0.717) is 0 Å². The number of carbonyl (C=O) groups is 2. The maximum atomic E-state index is 10.2. The first kappa shape index (κ1) is 18.5. The second kappa shape index (κ2) is 9.86. The number of aliphatic carboxylic acids is 2. The smallest absolute Gasteiger partial charge is 0.317 e. The van der Waals surface area contributed by atoms with E-state index in [1.54, 1.807) is 0 Å². The van der Waals surface area contributed by atoms with Crippen molar-refractivity contribution in [3.8, 4) is 0 Å². The quantitative estimate of drug-likeness (QED) is 0.418. The van der Waals surface area contributed by atoms with E-state index < -0.39 is 11.9 Å². The molecule has 14 heavy (non-hydrogen) atoms. The molecule has 0 bridgehead atoms. The molecular weight excluding hydrogens is 196 g/mol. The molecule has 0 aliphatic rings. The van der Waals surface area contributed by atoms with Gasteiger partial charge in [-0.15, -0.1) is 0 Å². The Morgan fingerprint density at radius 2 is 1.43 bits per heavy atom. The summed E-state index contributed by atoms with van der Waals surface area (Å²) >= 11 is 0. The van der Waals surface area contributed by atoms with E-state index >= 15 is 0 Å². The Bertz CT molecular complexity index is 158. The van der Waals surface area contributed by atoms with E-state index in [9.17, 15) is 9.59 Å². The first-order chi connectivity index (χ1) is 5.56. The standard InChI is InChI=1S/C6H12N2O4.2H2O/c7-1-2-8(3-5(9)10)4-6(11)12;;/h1-4,7H2,(H,9,10)(H,11,12);2*1H2. The maximum Gasteiger partial charge on any atom is 0.317 e. The lowest BCUT2D eigenvalue weighted by Crippen LogP contribution is -2.37. The summed E-state index contributed by atoms with van der Waals surface area (Å²) in [5, 5.41) is 16.7. The largest absolute Gasteiger partial charge is 0.480 e. The van der Waals surface area contributed by atoms with Crippen molar-refractivity contribution in [3.05, 3.63) is 0 Å². The summed E-state index contributed by atoms with van der Waals surface area (Å²) in [7, 11) is 0. The lowest BCUT2D eigenvalue weighted by molar-refractivity contribution is -0.141. The fraction of sp³-hybridized carbons (Fsp3) is 0.667. The summed E-state index contributed by atoms with van der Waals surface area (Å²) in [6.45, 7) is -0.0494. The van der Waals surface area contributed by atoms with Crippen molar-refractivity contribution in [1.29, 1.82) is 0 Å². The van der Waals surface area contributed by atoms with Crippen LogP contribution in [0.2, 0.25) is 0 Å². The molecule has 0 unspecified atom stereocenters. The Morgan fingerprint density at radius 1 is 1.07 bits per heavy atom. The van der Waals surface area contributed by atoms with Crippen LogP contribution < -0.4 is 5.73 Å². The van der Waals surface area contributed by atoms with Gasteiger partial charge in [0.2, 0.25) is 0 Å². The normalized spacial score (nSPS) is 8.71. The van der Waals surface area contributed by atoms with Crippen molar-refractivity contribution < 1.29 is 30.8 Å². The van der Waals surface area contributed by atoms with Crippen LogP contribution in [-0.2, 0) is 9.59 Å². The Hall–Kier alpha value is -1.22. The van der Waals surface area contributed by atoms with Crippen LogP contribution in [-0.4, -0.2) is 64.2 Å². The topological polar surface area (TPSA) is 167 Å². The third-order valence-corrected chi connectivity index (χ3v) is 1.16. The zero-order valence-electron chi connectivity index (χ0n) is 7.56. The maximum absolute atomic E-state index is 10.2. The number of hydrogen-bond donors (Lipinski definition) is 3. The molecule has 0 saturated carbocycles. The number of nitrogens with two attached hydrogens (primary N) is 1. The second-order valence-electron chi connectivity index (χ2n) is 2.29. The Morgan fingerprint density at radius 3 is 1.64 bits per heavy atom. The SMILES string of the molecule is NCCN(CC(=O)O)CC(=O)O.O.O. The van der Waals surface area contributed by atoms with E-state index in [-0.39, 0.29) is 37.1 Å². The van der Waals surface area contributed by atoms with Gasteiger partial charge < -0.3 is 26.9 Å². The van der Waals surface area contributed by atoms with Crippen LogP contribution in [0, 0.1) is 0 Å². The van der Waals surface area contributed by atoms with Gasteiger partial charge in [0.15, 0.2) is 0 Å². The molecule has 8 heteroatoms. The van der Waals surface area contributed by atoms with E-state index in [1.807, 2.05) is 0 Å². The molecule has 8 N–H and O–H groups in total. The predicted molar refractivity (Wildman–Crippen MR) is 48.0 cm³/mol. The van der Waals surface area contributed by atoms with Crippen molar-refractivity contribution in [1.82, 2.24) is 4.90 Å². The summed E-state index contributed by atoms with van der Waals surface area (Å²) in [6, 6.07) is 0. The number of rotatable bonds is 6. The monoisotopic (exact) mass is 212 g/mol. The Kier molecular flexibility index (Phi) is 13.1. The average Bonchev–Trinajstić information content (AvgIpc) is 1.84. The second-order valence-corrected chi connectivity index (χ2v) is 2.29. The summed E-state index contributed by atoms with van der Waals surface area (Å²) in [4.78, 5) is 21.6. The summed E-state index contributed by atoms with van der Waals surface area (Å²) in [6.07, 6.45) is 0. The molecule has 0 rings (SSSR count). The molecule has 0 spiro atoms. The Labute approximate surface area is 80.5 Å². The lowest BCUT2D eigenvalue weighted by atomic mass is 10.4.